The van der Waals surface area contributed by atoms with Crippen molar-refractivity contribution in [1.82, 2.24) is 10.2 Å². The number of nitrogens with zero attached hydrogens (tertiary/aromatic N) is 1. The smallest absolute Gasteiger partial charge is 0.0234 e. The number of hydrogen-bond acceptors (Lipinski definition) is 2. The lowest BCUT2D eigenvalue weighted by molar-refractivity contribution is 0.322. The topological polar surface area (TPSA) is 15.3 Å². The fraction of sp³-hybridized carbons (Fsp3) is 0.600. The third-order valence-electron chi connectivity index (χ3n) is 4.25. The largest absolute Gasteiger partial charge is 0.316 e. The number of aryl methyl sites for hydroxylation is 2. The van der Waals surface area contributed by atoms with E-state index in [9.17, 15) is 0 Å². The Balaban J connectivity index is 1.65. The first-order chi connectivity index (χ1) is 8.35. The van der Waals surface area contributed by atoms with Crippen molar-refractivity contribution in [2.75, 3.05) is 20.1 Å². The molecule has 1 atom stereocenters. The van der Waals surface area contributed by atoms with Crippen LogP contribution in [-0.4, -0.2) is 31.1 Å². The van der Waals surface area contributed by atoms with Crippen LogP contribution in [0, 0.1) is 0 Å². The van der Waals surface area contributed by atoms with E-state index in [1.165, 1.54) is 44.3 Å². The minimum atomic E-state index is 0.699. The second kappa shape index (κ2) is 4.79. The Morgan fingerprint density at radius 2 is 2.18 bits per heavy atom. The Hall–Kier alpha value is -0.860. The molecule has 0 saturated carbocycles. The molecule has 0 radical (unpaired) electrons. The van der Waals surface area contributed by atoms with Gasteiger partial charge in [0, 0.05) is 25.7 Å². The lowest BCUT2D eigenvalue weighted by Crippen LogP contribution is -2.29. The minimum absolute atomic E-state index is 0.699. The molecule has 92 valence electrons. The summed E-state index contributed by atoms with van der Waals surface area (Å²) in [6.45, 7) is 3.57. The van der Waals surface area contributed by atoms with Gasteiger partial charge >= 0.3 is 0 Å². The van der Waals surface area contributed by atoms with E-state index in [0.29, 0.717) is 6.04 Å². The quantitative estimate of drug-likeness (QED) is 0.854. The zero-order valence-corrected chi connectivity index (χ0v) is 10.7. The SMILES string of the molecule is CNC1CCN(Cc2ccc3c(c2)CCC3)C1. The lowest BCUT2D eigenvalue weighted by atomic mass is 10.1. The predicted octanol–water partition coefficient (Wildman–Crippen LogP) is 1.97. The summed E-state index contributed by atoms with van der Waals surface area (Å²) >= 11 is 0. The van der Waals surface area contributed by atoms with Gasteiger partial charge in [-0.25, -0.2) is 0 Å². The van der Waals surface area contributed by atoms with Crippen molar-refractivity contribution in [1.29, 1.82) is 0 Å². The molecule has 1 aliphatic carbocycles. The van der Waals surface area contributed by atoms with Gasteiger partial charge in [0.1, 0.15) is 0 Å². The van der Waals surface area contributed by atoms with Gasteiger partial charge in [-0.2, -0.15) is 0 Å². The van der Waals surface area contributed by atoms with Crippen LogP contribution < -0.4 is 5.32 Å². The van der Waals surface area contributed by atoms with E-state index in [1.807, 2.05) is 0 Å². The van der Waals surface area contributed by atoms with Crippen molar-refractivity contribution in [2.45, 2.75) is 38.3 Å². The van der Waals surface area contributed by atoms with E-state index < -0.39 is 0 Å². The summed E-state index contributed by atoms with van der Waals surface area (Å²) < 4.78 is 0. The van der Waals surface area contributed by atoms with E-state index in [2.05, 4.69) is 35.5 Å². The molecule has 1 heterocycles. The number of hydrogen-bond donors (Lipinski definition) is 1. The fourth-order valence-electron chi connectivity index (χ4n) is 3.19. The van der Waals surface area contributed by atoms with Gasteiger partial charge in [-0.1, -0.05) is 18.2 Å². The summed E-state index contributed by atoms with van der Waals surface area (Å²) in [6.07, 6.45) is 5.23. The molecule has 1 aliphatic heterocycles. The summed E-state index contributed by atoms with van der Waals surface area (Å²) in [5.41, 5.74) is 4.69. The summed E-state index contributed by atoms with van der Waals surface area (Å²) in [6, 6.07) is 7.82. The van der Waals surface area contributed by atoms with Gasteiger partial charge in [0.15, 0.2) is 0 Å². The highest BCUT2D eigenvalue weighted by Gasteiger charge is 2.21. The maximum atomic E-state index is 3.38. The molecule has 0 aromatic heterocycles. The van der Waals surface area contributed by atoms with Gasteiger partial charge in [-0.05, 0) is 49.4 Å². The van der Waals surface area contributed by atoms with Gasteiger partial charge in [-0.15, -0.1) is 0 Å². The normalized spacial score (nSPS) is 24.2. The summed E-state index contributed by atoms with van der Waals surface area (Å²) in [7, 11) is 2.07. The van der Waals surface area contributed by atoms with Crippen LogP contribution in [-0.2, 0) is 19.4 Å². The number of fused-ring (bicyclic) bond motifs is 1. The zero-order chi connectivity index (χ0) is 11.7. The first-order valence-corrected chi connectivity index (χ1v) is 6.85. The van der Waals surface area contributed by atoms with Crippen LogP contribution >= 0.6 is 0 Å². The Bertz CT molecular complexity index is 400. The highest BCUT2D eigenvalue weighted by molar-refractivity contribution is 5.35. The number of rotatable bonds is 3. The third kappa shape index (κ3) is 2.38. The van der Waals surface area contributed by atoms with Crippen molar-refractivity contribution in [3.8, 4) is 0 Å². The molecule has 1 fully saturated rings. The van der Waals surface area contributed by atoms with E-state index in [-0.39, 0.29) is 0 Å². The highest BCUT2D eigenvalue weighted by Crippen LogP contribution is 2.24. The van der Waals surface area contributed by atoms with Gasteiger partial charge in [-0.3, -0.25) is 4.90 Å². The third-order valence-corrected chi connectivity index (χ3v) is 4.25. The second-order valence-electron chi connectivity index (χ2n) is 5.47. The molecule has 0 amide bonds. The summed E-state index contributed by atoms with van der Waals surface area (Å²) in [4.78, 5) is 2.57. The van der Waals surface area contributed by atoms with Gasteiger partial charge in [0.05, 0.1) is 0 Å². The molecule has 1 unspecified atom stereocenters. The first kappa shape index (κ1) is 11.2. The molecular formula is C15H22N2. The highest BCUT2D eigenvalue weighted by atomic mass is 15.2. The molecule has 17 heavy (non-hydrogen) atoms. The fourth-order valence-corrected chi connectivity index (χ4v) is 3.19. The van der Waals surface area contributed by atoms with Gasteiger partial charge < -0.3 is 5.32 Å². The van der Waals surface area contributed by atoms with Crippen molar-refractivity contribution in [2.24, 2.45) is 0 Å². The maximum absolute atomic E-state index is 3.38. The number of likely N-dealkylation sites (tertiary alicyclic amines) is 1. The van der Waals surface area contributed by atoms with Gasteiger partial charge in [0.2, 0.25) is 0 Å². The molecule has 1 aromatic carbocycles. The van der Waals surface area contributed by atoms with Crippen LogP contribution in [0.2, 0.25) is 0 Å². The second-order valence-corrected chi connectivity index (χ2v) is 5.47. The average molecular weight is 230 g/mol. The average Bonchev–Trinajstić information content (AvgIpc) is 2.96. The molecule has 3 rings (SSSR count). The van der Waals surface area contributed by atoms with Crippen LogP contribution in [0.4, 0.5) is 0 Å². The van der Waals surface area contributed by atoms with Crippen LogP contribution in [0.25, 0.3) is 0 Å². The minimum Gasteiger partial charge on any atom is -0.316 e. The van der Waals surface area contributed by atoms with Crippen molar-refractivity contribution < 1.29 is 0 Å². The molecule has 2 nitrogen and oxygen atoms in total. The number of likely N-dealkylation sites (N-methyl/N-ethyl adjacent to an activating group) is 1. The van der Waals surface area contributed by atoms with Crippen LogP contribution in [0.5, 0.6) is 0 Å². The molecule has 0 spiro atoms. The Morgan fingerprint density at radius 1 is 1.29 bits per heavy atom. The monoisotopic (exact) mass is 230 g/mol. The van der Waals surface area contributed by atoms with E-state index >= 15 is 0 Å². The first-order valence-electron chi connectivity index (χ1n) is 6.85. The molecular weight excluding hydrogens is 208 g/mol. The summed E-state index contributed by atoms with van der Waals surface area (Å²) in [5, 5.41) is 3.38. The van der Waals surface area contributed by atoms with E-state index in [4.69, 9.17) is 0 Å². The molecule has 1 saturated heterocycles. The molecule has 2 aliphatic rings. The van der Waals surface area contributed by atoms with Crippen molar-refractivity contribution in [3.05, 3.63) is 34.9 Å². The lowest BCUT2D eigenvalue weighted by Gasteiger charge is -2.16. The molecule has 1 aromatic rings. The van der Waals surface area contributed by atoms with E-state index in [0.717, 1.165) is 6.54 Å². The predicted molar refractivity (Wildman–Crippen MR) is 71.2 cm³/mol. The Morgan fingerprint density at radius 3 is 3.00 bits per heavy atom. The maximum Gasteiger partial charge on any atom is 0.0234 e. The molecule has 0 bridgehead atoms. The molecule has 2 heteroatoms. The van der Waals surface area contributed by atoms with Crippen LogP contribution in [0.1, 0.15) is 29.5 Å². The number of nitrogens with one attached hydrogen (secondary N) is 1. The Labute approximate surface area is 104 Å². The summed E-state index contributed by atoms with van der Waals surface area (Å²) in [5.74, 6) is 0. The van der Waals surface area contributed by atoms with Crippen LogP contribution in [0.15, 0.2) is 18.2 Å². The van der Waals surface area contributed by atoms with Crippen molar-refractivity contribution in [3.63, 3.8) is 0 Å². The van der Waals surface area contributed by atoms with Gasteiger partial charge in [0.25, 0.3) is 0 Å². The standard InChI is InChI=1S/C15H22N2/c1-16-15-7-8-17(11-15)10-12-5-6-13-3-2-4-14(13)9-12/h5-6,9,15-16H,2-4,7-8,10-11H2,1H3. The molecule has 1 N–H and O–H groups in total. The van der Waals surface area contributed by atoms with E-state index in [1.54, 1.807) is 11.1 Å². The van der Waals surface area contributed by atoms with Crippen molar-refractivity contribution >= 4 is 0 Å². The number of benzene rings is 1. The Kier molecular flexibility index (Phi) is 3.17. The zero-order valence-electron chi connectivity index (χ0n) is 10.7. The van der Waals surface area contributed by atoms with Crippen LogP contribution in [0.3, 0.4) is 0 Å².